The van der Waals surface area contributed by atoms with E-state index in [2.05, 4.69) is 25.7 Å². The van der Waals surface area contributed by atoms with Crippen LogP contribution in [0.2, 0.25) is 0 Å². The maximum atomic E-state index is 5.87. The molecule has 0 amide bonds. The van der Waals surface area contributed by atoms with Crippen LogP contribution in [0.1, 0.15) is 46.5 Å². The Bertz CT molecular complexity index is 297. The van der Waals surface area contributed by atoms with E-state index in [1.807, 2.05) is 0 Å². The molecule has 3 fully saturated rings. The van der Waals surface area contributed by atoms with Gasteiger partial charge in [0.1, 0.15) is 0 Å². The van der Waals surface area contributed by atoms with E-state index in [9.17, 15) is 0 Å². The summed E-state index contributed by atoms with van der Waals surface area (Å²) in [5.74, 6) is 3.00. The van der Waals surface area contributed by atoms with Crippen molar-refractivity contribution in [2.24, 2.45) is 23.2 Å². The molecule has 3 aliphatic rings. The SMILES string of the molecule is CC(C)OCC1(CN2CC3CCC(C)C3C2)CC1. The molecule has 2 aliphatic carbocycles. The first kappa shape index (κ1) is 12.9. The van der Waals surface area contributed by atoms with Crippen LogP contribution in [0.15, 0.2) is 0 Å². The number of nitrogens with zero attached hydrogens (tertiary/aromatic N) is 1. The Kier molecular flexibility index (Phi) is 3.44. The number of hydrogen-bond donors (Lipinski definition) is 0. The molecule has 18 heavy (non-hydrogen) atoms. The molecule has 0 N–H and O–H groups in total. The standard InChI is InChI=1S/C16H29NO/c1-12(2)18-11-16(6-7-16)10-17-8-14-5-4-13(3)15(14)9-17/h12-15H,4-11H2,1-3H3. The molecule has 0 spiro atoms. The highest BCUT2D eigenvalue weighted by molar-refractivity contribution is 4.99. The zero-order chi connectivity index (χ0) is 12.8. The van der Waals surface area contributed by atoms with Gasteiger partial charge in [-0.15, -0.1) is 0 Å². The number of hydrogen-bond acceptors (Lipinski definition) is 2. The molecule has 2 heteroatoms. The second kappa shape index (κ2) is 4.79. The highest BCUT2D eigenvalue weighted by atomic mass is 16.5. The zero-order valence-electron chi connectivity index (χ0n) is 12.3. The van der Waals surface area contributed by atoms with Gasteiger partial charge in [0, 0.05) is 25.0 Å². The van der Waals surface area contributed by atoms with Crippen molar-refractivity contribution in [1.82, 2.24) is 4.90 Å². The summed E-state index contributed by atoms with van der Waals surface area (Å²) in [5, 5.41) is 0. The minimum Gasteiger partial charge on any atom is -0.378 e. The Morgan fingerprint density at radius 2 is 2.00 bits per heavy atom. The number of ether oxygens (including phenoxy) is 1. The molecule has 0 radical (unpaired) electrons. The minimum atomic E-state index is 0.389. The Labute approximate surface area is 112 Å². The molecule has 1 saturated heterocycles. The van der Waals surface area contributed by atoms with Gasteiger partial charge in [-0.25, -0.2) is 0 Å². The lowest BCUT2D eigenvalue weighted by molar-refractivity contribution is 0.0325. The van der Waals surface area contributed by atoms with E-state index in [1.54, 1.807) is 0 Å². The summed E-state index contributed by atoms with van der Waals surface area (Å²) in [4.78, 5) is 2.75. The first-order valence-corrected chi connectivity index (χ1v) is 7.92. The molecule has 3 rings (SSSR count). The van der Waals surface area contributed by atoms with E-state index in [0.717, 1.165) is 24.4 Å². The molecule has 104 valence electrons. The summed E-state index contributed by atoms with van der Waals surface area (Å²) in [5.41, 5.74) is 0.534. The fourth-order valence-electron chi connectivity index (χ4n) is 4.10. The quantitative estimate of drug-likeness (QED) is 0.744. The minimum absolute atomic E-state index is 0.389. The van der Waals surface area contributed by atoms with Crippen molar-refractivity contribution in [2.75, 3.05) is 26.2 Å². The summed E-state index contributed by atoms with van der Waals surface area (Å²) < 4.78 is 5.87. The van der Waals surface area contributed by atoms with Crippen LogP contribution in [0.5, 0.6) is 0 Å². The summed E-state index contributed by atoms with van der Waals surface area (Å²) in [6.07, 6.45) is 6.13. The molecular formula is C16H29NO. The predicted octanol–water partition coefficient (Wildman–Crippen LogP) is 3.17. The summed E-state index contributed by atoms with van der Waals surface area (Å²) in [6, 6.07) is 0. The molecule has 0 aromatic rings. The molecular weight excluding hydrogens is 222 g/mol. The van der Waals surface area contributed by atoms with E-state index in [0.29, 0.717) is 11.5 Å². The van der Waals surface area contributed by atoms with Gasteiger partial charge < -0.3 is 9.64 Å². The lowest BCUT2D eigenvalue weighted by Crippen LogP contribution is -2.32. The van der Waals surface area contributed by atoms with E-state index in [1.165, 1.54) is 45.3 Å². The second-order valence-corrected chi connectivity index (χ2v) is 7.53. The highest BCUT2D eigenvalue weighted by Crippen LogP contribution is 2.49. The molecule has 1 aliphatic heterocycles. The Hall–Kier alpha value is -0.0800. The molecule has 3 atom stereocenters. The molecule has 0 aromatic heterocycles. The number of rotatable bonds is 5. The maximum absolute atomic E-state index is 5.87. The summed E-state index contributed by atoms with van der Waals surface area (Å²) >= 11 is 0. The van der Waals surface area contributed by atoms with Crippen LogP contribution in [0.4, 0.5) is 0 Å². The monoisotopic (exact) mass is 251 g/mol. The Balaban J connectivity index is 1.49. The Morgan fingerprint density at radius 1 is 1.22 bits per heavy atom. The molecule has 0 bridgehead atoms. The second-order valence-electron chi connectivity index (χ2n) is 7.53. The van der Waals surface area contributed by atoms with Crippen LogP contribution in [0, 0.1) is 23.2 Å². The van der Waals surface area contributed by atoms with Crippen LogP contribution in [0.25, 0.3) is 0 Å². The topological polar surface area (TPSA) is 12.5 Å². The molecule has 0 aromatic carbocycles. The first-order chi connectivity index (χ1) is 8.58. The predicted molar refractivity (Wildman–Crippen MR) is 74.6 cm³/mol. The smallest absolute Gasteiger partial charge is 0.0538 e. The third-order valence-corrected chi connectivity index (χ3v) is 5.53. The van der Waals surface area contributed by atoms with Gasteiger partial charge in [0.25, 0.3) is 0 Å². The van der Waals surface area contributed by atoms with Gasteiger partial charge in [0.2, 0.25) is 0 Å². The van der Waals surface area contributed by atoms with Crippen molar-refractivity contribution in [2.45, 2.75) is 52.6 Å². The normalized spacial score (nSPS) is 38.3. The zero-order valence-corrected chi connectivity index (χ0v) is 12.3. The molecule has 2 nitrogen and oxygen atoms in total. The summed E-state index contributed by atoms with van der Waals surface area (Å²) in [7, 11) is 0. The van der Waals surface area contributed by atoms with Gasteiger partial charge in [0.15, 0.2) is 0 Å². The van der Waals surface area contributed by atoms with Crippen LogP contribution in [-0.4, -0.2) is 37.2 Å². The third-order valence-electron chi connectivity index (χ3n) is 5.53. The van der Waals surface area contributed by atoms with Gasteiger partial charge in [0.05, 0.1) is 12.7 Å². The molecule has 3 unspecified atom stereocenters. The van der Waals surface area contributed by atoms with Crippen molar-refractivity contribution in [3.8, 4) is 0 Å². The van der Waals surface area contributed by atoms with Gasteiger partial charge >= 0.3 is 0 Å². The lowest BCUT2D eigenvalue weighted by atomic mass is 9.94. The fourth-order valence-corrected chi connectivity index (χ4v) is 4.10. The van der Waals surface area contributed by atoms with Crippen molar-refractivity contribution in [3.63, 3.8) is 0 Å². The molecule has 2 saturated carbocycles. The van der Waals surface area contributed by atoms with Gasteiger partial charge in [-0.05, 0) is 50.9 Å². The largest absolute Gasteiger partial charge is 0.378 e. The number of likely N-dealkylation sites (tertiary alicyclic amines) is 1. The van der Waals surface area contributed by atoms with Crippen molar-refractivity contribution in [1.29, 1.82) is 0 Å². The van der Waals surface area contributed by atoms with Crippen molar-refractivity contribution < 1.29 is 4.74 Å². The first-order valence-electron chi connectivity index (χ1n) is 7.92. The van der Waals surface area contributed by atoms with E-state index in [4.69, 9.17) is 4.74 Å². The van der Waals surface area contributed by atoms with E-state index >= 15 is 0 Å². The lowest BCUT2D eigenvalue weighted by Gasteiger charge is -2.25. The average molecular weight is 251 g/mol. The van der Waals surface area contributed by atoms with Gasteiger partial charge in [-0.1, -0.05) is 13.3 Å². The molecule has 1 heterocycles. The van der Waals surface area contributed by atoms with Crippen LogP contribution < -0.4 is 0 Å². The van der Waals surface area contributed by atoms with E-state index in [-0.39, 0.29) is 0 Å². The van der Waals surface area contributed by atoms with E-state index < -0.39 is 0 Å². The number of fused-ring (bicyclic) bond motifs is 1. The maximum Gasteiger partial charge on any atom is 0.0538 e. The highest BCUT2D eigenvalue weighted by Gasteiger charge is 2.48. The van der Waals surface area contributed by atoms with Gasteiger partial charge in [-0.2, -0.15) is 0 Å². The third kappa shape index (κ3) is 2.60. The van der Waals surface area contributed by atoms with Crippen LogP contribution in [0.3, 0.4) is 0 Å². The van der Waals surface area contributed by atoms with Crippen LogP contribution in [-0.2, 0) is 4.74 Å². The summed E-state index contributed by atoms with van der Waals surface area (Å²) in [6.45, 7) is 11.8. The average Bonchev–Trinajstić information content (AvgIpc) is 2.83. The Morgan fingerprint density at radius 3 is 2.61 bits per heavy atom. The van der Waals surface area contributed by atoms with Crippen LogP contribution >= 0.6 is 0 Å². The van der Waals surface area contributed by atoms with Crippen molar-refractivity contribution in [3.05, 3.63) is 0 Å². The fraction of sp³-hybridized carbons (Fsp3) is 1.00. The van der Waals surface area contributed by atoms with Crippen molar-refractivity contribution >= 4 is 0 Å². The van der Waals surface area contributed by atoms with Gasteiger partial charge in [-0.3, -0.25) is 0 Å².